The zero-order valence-corrected chi connectivity index (χ0v) is 9.20. The molecule has 6 heteroatoms. The first-order valence-electron chi connectivity index (χ1n) is 5.18. The van der Waals surface area contributed by atoms with Crippen molar-refractivity contribution >= 4 is 16.7 Å². The Kier molecular flexibility index (Phi) is 2.34. The van der Waals surface area contributed by atoms with Crippen molar-refractivity contribution in [3.63, 3.8) is 0 Å². The first-order chi connectivity index (χ1) is 7.38. The maximum Gasteiger partial charge on any atom is 0.204 e. The molecule has 1 aromatic heterocycles. The van der Waals surface area contributed by atoms with Gasteiger partial charge in [0.05, 0.1) is 13.2 Å². The van der Waals surface area contributed by atoms with Crippen LogP contribution in [-0.2, 0) is 9.47 Å². The van der Waals surface area contributed by atoms with Crippen molar-refractivity contribution in [1.29, 1.82) is 0 Å². The Morgan fingerprint density at radius 1 is 1.27 bits per heavy atom. The number of hydrogen-bond donors (Lipinski definition) is 0. The van der Waals surface area contributed by atoms with Crippen LogP contribution < -0.4 is 4.90 Å². The van der Waals surface area contributed by atoms with Gasteiger partial charge in [-0.15, -0.1) is 0 Å². The third kappa shape index (κ3) is 1.73. The zero-order valence-electron chi connectivity index (χ0n) is 8.39. The van der Waals surface area contributed by atoms with Crippen molar-refractivity contribution in [3.8, 4) is 0 Å². The van der Waals surface area contributed by atoms with Gasteiger partial charge in [0.2, 0.25) is 5.13 Å². The molecule has 0 unspecified atom stereocenters. The monoisotopic (exact) mass is 227 g/mol. The van der Waals surface area contributed by atoms with E-state index >= 15 is 0 Å². The zero-order chi connectivity index (χ0) is 10.1. The van der Waals surface area contributed by atoms with Gasteiger partial charge in [0.15, 0.2) is 5.79 Å². The molecule has 1 spiro atoms. The molecule has 0 saturated carbocycles. The Balaban J connectivity index is 1.65. The number of hydrogen-bond acceptors (Lipinski definition) is 6. The van der Waals surface area contributed by atoms with Gasteiger partial charge in [-0.25, -0.2) is 4.98 Å². The van der Waals surface area contributed by atoms with E-state index < -0.39 is 0 Å². The maximum absolute atomic E-state index is 5.67. The van der Waals surface area contributed by atoms with Crippen LogP contribution in [0.1, 0.15) is 12.8 Å². The Hall–Kier alpha value is -0.720. The minimum Gasteiger partial charge on any atom is -0.347 e. The molecule has 3 rings (SSSR count). The van der Waals surface area contributed by atoms with Gasteiger partial charge in [0.1, 0.15) is 6.33 Å². The van der Waals surface area contributed by atoms with Crippen LogP contribution in [0.5, 0.6) is 0 Å². The average molecular weight is 227 g/mol. The van der Waals surface area contributed by atoms with E-state index in [1.54, 1.807) is 6.33 Å². The van der Waals surface area contributed by atoms with E-state index in [9.17, 15) is 0 Å². The summed E-state index contributed by atoms with van der Waals surface area (Å²) >= 11 is 1.44. The fourth-order valence-electron chi connectivity index (χ4n) is 2.13. The standard InChI is InChI=1S/C9H13N3O2S/c1-3-12(8-10-7-11-15-8)4-2-9(1)13-5-6-14-9/h7H,1-6H2. The summed E-state index contributed by atoms with van der Waals surface area (Å²) in [5.41, 5.74) is 0. The summed E-state index contributed by atoms with van der Waals surface area (Å²) in [6, 6.07) is 0. The van der Waals surface area contributed by atoms with Crippen LogP contribution in [0.25, 0.3) is 0 Å². The van der Waals surface area contributed by atoms with E-state index in [4.69, 9.17) is 9.47 Å². The summed E-state index contributed by atoms with van der Waals surface area (Å²) < 4.78 is 15.3. The van der Waals surface area contributed by atoms with Gasteiger partial charge < -0.3 is 14.4 Å². The fourth-order valence-corrected chi connectivity index (χ4v) is 2.71. The lowest BCUT2D eigenvalue weighted by Gasteiger charge is -2.37. The summed E-state index contributed by atoms with van der Waals surface area (Å²) in [6.45, 7) is 3.35. The second kappa shape index (κ2) is 3.70. The molecule has 2 fully saturated rings. The van der Waals surface area contributed by atoms with Gasteiger partial charge in [-0.2, -0.15) is 4.37 Å². The topological polar surface area (TPSA) is 47.5 Å². The van der Waals surface area contributed by atoms with Gasteiger partial charge in [0, 0.05) is 37.5 Å². The van der Waals surface area contributed by atoms with Crippen molar-refractivity contribution in [3.05, 3.63) is 6.33 Å². The largest absolute Gasteiger partial charge is 0.347 e. The molecule has 2 aliphatic rings. The minimum atomic E-state index is -0.290. The number of nitrogens with zero attached hydrogens (tertiary/aromatic N) is 3. The van der Waals surface area contributed by atoms with Gasteiger partial charge in [-0.05, 0) is 0 Å². The quantitative estimate of drug-likeness (QED) is 0.713. The maximum atomic E-state index is 5.67. The normalized spacial score (nSPS) is 24.9. The lowest BCUT2D eigenvalue weighted by atomic mass is 10.0. The molecule has 5 nitrogen and oxygen atoms in total. The second-order valence-electron chi connectivity index (χ2n) is 3.82. The molecule has 2 saturated heterocycles. The molecule has 0 atom stereocenters. The number of rotatable bonds is 1. The molecular weight excluding hydrogens is 214 g/mol. The van der Waals surface area contributed by atoms with Crippen LogP contribution in [0.15, 0.2) is 6.33 Å². The van der Waals surface area contributed by atoms with Crippen molar-refractivity contribution in [2.45, 2.75) is 18.6 Å². The van der Waals surface area contributed by atoms with E-state index in [0.717, 1.165) is 44.3 Å². The Bertz CT molecular complexity index is 314. The van der Waals surface area contributed by atoms with Crippen LogP contribution in [0, 0.1) is 0 Å². The molecule has 0 aliphatic carbocycles. The highest BCUT2D eigenvalue weighted by Crippen LogP contribution is 2.33. The van der Waals surface area contributed by atoms with E-state index in [1.807, 2.05) is 0 Å². The highest BCUT2D eigenvalue weighted by molar-refractivity contribution is 7.09. The molecule has 0 N–H and O–H groups in total. The molecule has 82 valence electrons. The van der Waals surface area contributed by atoms with E-state index in [1.165, 1.54) is 11.5 Å². The Labute approximate surface area is 92.2 Å². The molecule has 0 radical (unpaired) electrons. The Morgan fingerprint density at radius 3 is 2.60 bits per heavy atom. The lowest BCUT2D eigenvalue weighted by molar-refractivity contribution is -0.169. The predicted molar refractivity (Wildman–Crippen MR) is 56.0 cm³/mol. The van der Waals surface area contributed by atoms with Gasteiger partial charge in [-0.1, -0.05) is 0 Å². The van der Waals surface area contributed by atoms with Gasteiger partial charge in [0.25, 0.3) is 0 Å². The van der Waals surface area contributed by atoms with Crippen LogP contribution in [0.4, 0.5) is 5.13 Å². The van der Waals surface area contributed by atoms with E-state index in [2.05, 4.69) is 14.3 Å². The third-order valence-electron chi connectivity index (χ3n) is 2.96. The molecule has 0 bridgehead atoms. The van der Waals surface area contributed by atoms with E-state index in [0.29, 0.717) is 0 Å². The molecule has 0 amide bonds. The SMILES string of the molecule is c1nsc(N2CCC3(CC2)OCCO3)n1. The molecular formula is C9H13N3O2S. The highest BCUT2D eigenvalue weighted by atomic mass is 32.1. The lowest BCUT2D eigenvalue weighted by Crippen LogP contribution is -2.45. The van der Waals surface area contributed by atoms with Gasteiger partial charge >= 0.3 is 0 Å². The van der Waals surface area contributed by atoms with Crippen molar-refractivity contribution < 1.29 is 9.47 Å². The smallest absolute Gasteiger partial charge is 0.204 e. The number of piperidine rings is 1. The van der Waals surface area contributed by atoms with Crippen LogP contribution in [-0.4, -0.2) is 41.4 Å². The van der Waals surface area contributed by atoms with Gasteiger partial charge in [-0.3, -0.25) is 0 Å². The molecule has 2 aliphatic heterocycles. The van der Waals surface area contributed by atoms with Crippen LogP contribution >= 0.6 is 11.5 Å². The van der Waals surface area contributed by atoms with E-state index in [-0.39, 0.29) is 5.79 Å². The number of anilines is 1. The highest BCUT2D eigenvalue weighted by Gasteiger charge is 2.40. The second-order valence-corrected chi connectivity index (χ2v) is 4.58. The van der Waals surface area contributed by atoms with Crippen LogP contribution in [0.3, 0.4) is 0 Å². The number of ether oxygens (including phenoxy) is 2. The first kappa shape index (κ1) is 9.50. The predicted octanol–water partition coefficient (Wildman–Crippen LogP) is 0.881. The molecule has 15 heavy (non-hydrogen) atoms. The van der Waals surface area contributed by atoms with Crippen molar-refractivity contribution in [2.75, 3.05) is 31.2 Å². The molecule has 0 aromatic carbocycles. The molecule has 3 heterocycles. The summed E-state index contributed by atoms with van der Waals surface area (Å²) in [4.78, 5) is 6.45. The van der Waals surface area contributed by atoms with Crippen LogP contribution in [0.2, 0.25) is 0 Å². The van der Waals surface area contributed by atoms with Crippen molar-refractivity contribution in [2.24, 2.45) is 0 Å². The summed E-state index contributed by atoms with van der Waals surface area (Å²) in [6.07, 6.45) is 3.45. The third-order valence-corrected chi connectivity index (χ3v) is 3.69. The first-order valence-corrected chi connectivity index (χ1v) is 5.95. The molecule has 1 aromatic rings. The average Bonchev–Trinajstić information content (AvgIpc) is 2.91. The summed E-state index contributed by atoms with van der Waals surface area (Å²) in [5, 5.41) is 1.00. The van der Waals surface area contributed by atoms with Crippen molar-refractivity contribution in [1.82, 2.24) is 9.36 Å². The Morgan fingerprint density at radius 2 is 2.00 bits per heavy atom. The summed E-state index contributed by atoms with van der Waals surface area (Å²) in [5.74, 6) is -0.290. The fraction of sp³-hybridized carbons (Fsp3) is 0.778. The number of aromatic nitrogens is 2. The minimum absolute atomic E-state index is 0.290. The summed E-state index contributed by atoms with van der Waals surface area (Å²) in [7, 11) is 0.